The molecular weight excluding hydrogens is 136 g/mol. The van der Waals surface area contributed by atoms with E-state index in [1.807, 2.05) is 18.2 Å². The molecule has 0 aliphatic carbocycles. The largest absolute Gasteiger partial charge is 0.330 e. The first kappa shape index (κ1) is 8.21. The molecule has 1 aromatic rings. The van der Waals surface area contributed by atoms with Gasteiger partial charge >= 0.3 is 0 Å². The number of hydrogen-bond acceptors (Lipinski definition) is 2. The predicted octanol–water partition coefficient (Wildman–Crippen LogP) is 1.15. The fourth-order valence-corrected chi connectivity index (χ4v) is 1.01. The molecule has 11 heavy (non-hydrogen) atoms. The van der Waals surface area contributed by atoms with Gasteiger partial charge in [-0.1, -0.05) is 13.0 Å². The molecule has 1 rings (SSSR count). The van der Waals surface area contributed by atoms with Crippen molar-refractivity contribution in [3.63, 3.8) is 0 Å². The molecule has 2 N–H and O–H groups in total. The third kappa shape index (κ3) is 2.31. The van der Waals surface area contributed by atoms with E-state index < -0.39 is 0 Å². The third-order valence-corrected chi connectivity index (χ3v) is 1.63. The van der Waals surface area contributed by atoms with Gasteiger partial charge in [-0.05, 0) is 25.1 Å². The molecule has 0 radical (unpaired) electrons. The summed E-state index contributed by atoms with van der Waals surface area (Å²) in [6.45, 7) is 2.79. The number of aromatic nitrogens is 1. The van der Waals surface area contributed by atoms with Crippen LogP contribution in [0.25, 0.3) is 0 Å². The molecule has 2 heteroatoms. The Bertz CT molecular complexity index is 221. The van der Waals surface area contributed by atoms with Crippen molar-refractivity contribution in [3.05, 3.63) is 29.6 Å². The average Bonchev–Trinajstić information content (AvgIpc) is 2.06. The van der Waals surface area contributed by atoms with Gasteiger partial charge in [0.1, 0.15) is 0 Å². The first-order chi connectivity index (χ1) is 5.36. The van der Waals surface area contributed by atoms with Crippen LogP contribution in [0.4, 0.5) is 0 Å². The Morgan fingerprint density at radius 3 is 2.73 bits per heavy atom. The molecule has 0 aromatic carbocycles. The van der Waals surface area contributed by atoms with E-state index in [2.05, 4.69) is 11.9 Å². The van der Waals surface area contributed by atoms with Gasteiger partial charge in [0, 0.05) is 17.8 Å². The summed E-state index contributed by atoms with van der Waals surface area (Å²) in [6.07, 6.45) is 1.88. The van der Waals surface area contributed by atoms with Crippen molar-refractivity contribution in [2.75, 3.05) is 6.54 Å². The quantitative estimate of drug-likeness (QED) is 0.702. The summed E-state index contributed by atoms with van der Waals surface area (Å²) in [6, 6.07) is 6.10. The Hall–Kier alpha value is -0.890. The predicted molar refractivity (Wildman–Crippen MR) is 46.4 cm³/mol. The van der Waals surface area contributed by atoms with E-state index in [4.69, 9.17) is 5.73 Å². The van der Waals surface area contributed by atoms with Crippen molar-refractivity contribution < 1.29 is 0 Å². The maximum absolute atomic E-state index is 5.41. The molecule has 0 fully saturated rings. The van der Waals surface area contributed by atoms with Crippen LogP contribution in [0.1, 0.15) is 18.3 Å². The van der Waals surface area contributed by atoms with Crippen molar-refractivity contribution >= 4 is 0 Å². The second-order valence-electron chi connectivity index (χ2n) is 2.51. The molecule has 0 bridgehead atoms. The van der Waals surface area contributed by atoms with Crippen LogP contribution in [0, 0.1) is 0 Å². The molecule has 0 atom stereocenters. The van der Waals surface area contributed by atoms with E-state index in [-0.39, 0.29) is 0 Å². The summed E-state index contributed by atoms with van der Waals surface area (Å²) in [7, 11) is 0. The van der Waals surface area contributed by atoms with Crippen LogP contribution in [0.2, 0.25) is 0 Å². The molecule has 0 amide bonds. The van der Waals surface area contributed by atoms with Crippen LogP contribution in [-0.2, 0) is 12.8 Å². The summed E-state index contributed by atoms with van der Waals surface area (Å²) < 4.78 is 0. The maximum Gasteiger partial charge on any atom is 0.0419 e. The van der Waals surface area contributed by atoms with Gasteiger partial charge in [-0.2, -0.15) is 0 Å². The van der Waals surface area contributed by atoms with Crippen LogP contribution >= 0.6 is 0 Å². The first-order valence-electron chi connectivity index (χ1n) is 4.01. The second kappa shape index (κ2) is 4.09. The van der Waals surface area contributed by atoms with Crippen LogP contribution in [0.3, 0.4) is 0 Å². The molecule has 0 unspecified atom stereocenters. The molecular formula is C9H14N2. The minimum absolute atomic E-state index is 0.681. The minimum Gasteiger partial charge on any atom is -0.330 e. The SMILES string of the molecule is CCc1cccc(CCN)n1. The van der Waals surface area contributed by atoms with E-state index in [1.165, 1.54) is 0 Å². The van der Waals surface area contributed by atoms with E-state index in [0.29, 0.717) is 6.54 Å². The highest BCUT2D eigenvalue weighted by Crippen LogP contribution is 1.99. The zero-order valence-corrected chi connectivity index (χ0v) is 6.88. The van der Waals surface area contributed by atoms with Gasteiger partial charge in [0.25, 0.3) is 0 Å². The highest BCUT2D eigenvalue weighted by atomic mass is 14.7. The fraction of sp³-hybridized carbons (Fsp3) is 0.444. The molecule has 60 valence electrons. The minimum atomic E-state index is 0.681. The zero-order chi connectivity index (χ0) is 8.10. The Labute approximate surface area is 67.5 Å². The van der Waals surface area contributed by atoms with E-state index in [9.17, 15) is 0 Å². The Balaban J connectivity index is 2.74. The molecule has 0 spiro atoms. The summed E-state index contributed by atoms with van der Waals surface area (Å²) >= 11 is 0. The summed E-state index contributed by atoms with van der Waals surface area (Å²) in [5.74, 6) is 0. The van der Waals surface area contributed by atoms with Crippen LogP contribution in [0.5, 0.6) is 0 Å². The van der Waals surface area contributed by atoms with Gasteiger partial charge in [-0.25, -0.2) is 0 Å². The monoisotopic (exact) mass is 150 g/mol. The number of nitrogens with two attached hydrogens (primary N) is 1. The van der Waals surface area contributed by atoms with Crippen LogP contribution in [0.15, 0.2) is 18.2 Å². The first-order valence-corrected chi connectivity index (χ1v) is 4.01. The maximum atomic E-state index is 5.41. The molecule has 1 aromatic heterocycles. The van der Waals surface area contributed by atoms with Crippen molar-refractivity contribution in [1.29, 1.82) is 0 Å². The van der Waals surface area contributed by atoms with Gasteiger partial charge < -0.3 is 5.73 Å². The van der Waals surface area contributed by atoms with Crippen molar-refractivity contribution in [2.24, 2.45) is 5.73 Å². The van der Waals surface area contributed by atoms with Crippen molar-refractivity contribution in [1.82, 2.24) is 4.98 Å². The highest BCUT2D eigenvalue weighted by Gasteiger charge is 1.93. The standard InChI is InChI=1S/C9H14N2/c1-2-8-4-3-5-9(11-8)6-7-10/h3-5H,2,6-7,10H2,1H3. The lowest BCUT2D eigenvalue weighted by Crippen LogP contribution is -2.05. The summed E-state index contributed by atoms with van der Waals surface area (Å²) in [5.41, 5.74) is 7.66. The lowest BCUT2D eigenvalue weighted by Gasteiger charge is -1.99. The highest BCUT2D eigenvalue weighted by molar-refractivity contribution is 5.11. The number of hydrogen-bond donors (Lipinski definition) is 1. The molecule has 0 saturated carbocycles. The van der Waals surface area contributed by atoms with Crippen molar-refractivity contribution in [3.8, 4) is 0 Å². The smallest absolute Gasteiger partial charge is 0.0419 e. The Morgan fingerprint density at radius 1 is 1.36 bits per heavy atom. The number of rotatable bonds is 3. The second-order valence-corrected chi connectivity index (χ2v) is 2.51. The topological polar surface area (TPSA) is 38.9 Å². The van der Waals surface area contributed by atoms with Crippen LogP contribution < -0.4 is 5.73 Å². The zero-order valence-electron chi connectivity index (χ0n) is 6.88. The lowest BCUT2D eigenvalue weighted by molar-refractivity contribution is 0.894. The average molecular weight is 150 g/mol. The summed E-state index contributed by atoms with van der Waals surface area (Å²) in [5, 5.41) is 0. The van der Waals surface area contributed by atoms with Gasteiger partial charge in [-0.15, -0.1) is 0 Å². The van der Waals surface area contributed by atoms with Crippen LogP contribution in [-0.4, -0.2) is 11.5 Å². The van der Waals surface area contributed by atoms with E-state index in [0.717, 1.165) is 24.2 Å². The summed E-state index contributed by atoms with van der Waals surface area (Å²) in [4.78, 5) is 4.40. The van der Waals surface area contributed by atoms with E-state index >= 15 is 0 Å². The molecule has 2 nitrogen and oxygen atoms in total. The Kier molecular flexibility index (Phi) is 3.05. The molecule has 1 heterocycles. The van der Waals surface area contributed by atoms with Gasteiger partial charge in [0.15, 0.2) is 0 Å². The third-order valence-electron chi connectivity index (χ3n) is 1.63. The molecule has 0 saturated heterocycles. The number of aryl methyl sites for hydroxylation is 1. The lowest BCUT2D eigenvalue weighted by atomic mass is 10.2. The number of nitrogens with zero attached hydrogens (tertiary/aromatic N) is 1. The van der Waals surface area contributed by atoms with E-state index in [1.54, 1.807) is 0 Å². The van der Waals surface area contributed by atoms with Gasteiger partial charge in [0.2, 0.25) is 0 Å². The number of pyridine rings is 1. The Morgan fingerprint density at radius 2 is 2.09 bits per heavy atom. The fourth-order valence-electron chi connectivity index (χ4n) is 1.01. The molecule has 0 aliphatic rings. The van der Waals surface area contributed by atoms with Gasteiger partial charge in [0.05, 0.1) is 0 Å². The molecule has 0 aliphatic heterocycles. The normalized spacial score (nSPS) is 10.0. The van der Waals surface area contributed by atoms with Crippen molar-refractivity contribution in [2.45, 2.75) is 19.8 Å². The van der Waals surface area contributed by atoms with Gasteiger partial charge in [-0.3, -0.25) is 4.98 Å².